The minimum Gasteiger partial charge on any atom is -0.394 e. The number of aliphatic hydroxyl groups is 3. The van der Waals surface area contributed by atoms with Crippen LogP contribution in [0, 0.1) is 13.8 Å². The number of aryl methyl sites for hydroxylation is 2. The van der Waals surface area contributed by atoms with Crippen molar-refractivity contribution in [3.8, 4) is 0 Å². The number of nitrogens with zero attached hydrogens (tertiary/aromatic N) is 5. The van der Waals surface area contributed by atoms with Gasteiger partial charge in [0.05, 0.1) is 19.5 Å². The molecule has 0 bridgehead atoms. The molecule has 4 unspecified atom stereocenters. The molecule has 1 fully saturated rings. The third-order valence-electron chi connectivity index (χ3n) is 9.08. The summed E-state index contributed by atoms with van der Waals surface area (Å²) in [6, 6.07) is 17.3. The molecule has 13 nitrogen and oxygen atoms in total. The summed E-state index contributed by atoms with van der Waals surface area (Å²) in [4.78, 5) is 29.2. The minimum atomic E-state index is -1.32. The van der Waals surface area contributed by atoms with E-state index in [0.29, 0.717) is 54.5 Å². The predicted octanol–water partition coefficient (Wildman–Crippen LogP) is 3.22. The van der Waals surface area contributed by atoms with Gasteiger partial charge >= 0.3 is 6.03 Å². The first-order valence-electron chi connectivity index (χ1n) is 17.0. The van der Waals surface area contributed by atoms with Crippen LogP contribution in [0.2, 0.25) is 0 Å². The molecule has 5 rings (SSSR count). The molecular formula is C36H50N8O5. The number of amides is 2. The fourth-order valence-electron chi connectivity index (χ4n) is 6.32. The first kappa shape index (κ1) is 36.1. The van der Waals surface area contributed by atoms with Crippen molar-refractivity contribution in [2.45, 2.75) is 90.6 Å². The van der Waals surface area contributed by atoms with Gasteiger partial charge in [-0.05, 0) is 52.7 Å². The molecule has 3 heterocycles. The van der Waals surface area contributed by atoms with Gasteiger partial charge in [0.2, 0.25) is 0 Å². The molecule has 0 radical (unpaired) electrons. The van der Waals surface area contributed by atoms with Crippen LogP contribution >= 0.6 is 0 Å². The van der Waals surface area contributed by atoms with Crippen molar-refractivity contribution in [3.63, 3.8) is 0 Å². The Bertz CT molecular complexity index is 1620. The minimum absolute atomic E-state index is 0.0163. The summed E-state index contributed by atoms with van der Waals surface area (Å²) in [7, 11) is 0. The molecule has 13 heteroatoms. The molecule has 0 spiro atoms. The van der Waals surface area contributed by atoms with Crippen molar-refractivity contribution < 1.29 is 24.9 Å². The van der Waals surface area contributed by atoms with Crippen molar-refractivity contribution in [2.75, 3.05) is 31.6 Å². The van der Waals surface area contributed by atoms with E-state index in [1.165, 1.54) is 22.0 Å². The number of imidazole rings is 1. The van der Waals surface area contributed by atoms with Gasteiger partial charge in [-0.3, -0.25) is 9.47 Å². The molecule has 264 valence electrons. The summed E-state index contributed by atoms with van der Waals surface area (Å²) in [5.41, 5.74) is 5.39. The standard InChI is InChI=1S/C36H50N8O5/c1-21(2)43(22(3)4)16-15-37-36(48)39-18-29-41-33(30-34(42-29)44(20-40-30)35-32(47)31(46)28(19-45)49-35)38-17-27(25-11-7-23(5)8-12-25)26-13-9-24(6)10-14-26/h7-14,20-22,27-28,31-32,35,45-47H,15-19H2,1-6H3,(H2,37,39,48)(H,38,41,42). The zero-order valence-corrected chi connectivity index (χ0v) is 29.2. The summed E-state index contributed by atoms with van der Waals surface area (Å²) in [5, 5.41) is 40.2. The lowest BCUT2D eigenvalue weighted by atomic mass is 9.90. The number of carbonyl (C=O) groups is 1. The van der Waals surface area contributed by atoms with Crippen molar-refractivity contribution >= 4 is 23.0 Å². The molecule has 49 heavy (non-hydrogen) atoms. The SMILES string of the molecule is Cc1ccc(C(CNc2nc(CNC(=O)NCCN(C(C)C)C(C)C)nc3c2ncn3C2OC(CO)C(O)C2O)c2ccc(C)cc2)cc1. The van der Waals surface area contributed by atoms with Gasteiger partial charge in [0.15, 0.2) is 29.0 Å². The number of nitrogens with one attached hydrogen (secondary N) is 3. The van der Waals surface area contributed by atoms with E-state index in [-0.39, 0.29) is 18.5 Å². The van der Waals surface area contributed by atoms with Crippen LogP contribution in [0.15, 0.2) is 54.9 Å². The van der Waals surface area contributed by atoms with Crippen molar-refractivity contribution in [1.82, 2.24) is 35.1 Å². The highest BCUT2D eigenvalue weighted by molar-refractivity contribution is 5.83. The second-order valence-corrected chi connectivity index (χ2v) is 13.3. The summed E-state index contributed by atoms with van der Waals surface area (Å²) < 4.78 is 7.33. The molecule has 1 aliphatic rings. The molecule has 1 saturated heterocycles. The topological polar surface area (TPSA) is 170 Å². The molecule has 2 aromatic carbocycles. The van der Waals surface area contributed by atoms with E-state index < -0.39 is 31.1 Å². The van der Waals surface area contributed by atoms with Crippen LogP contribution in [0.25, 0.3) is 11.2 Å². The van der Waals surface area contributed by atoms with Crippen molar-refractivity contribution in [3.05, 3.63) is 82.9 Å². The van der Waals surface area contributed by atoms with Crippen LogP contribution in [-0.4, -0.2) is 102 Å². The quantitative estimate of drug-likeness (QED) is 0.117. The van der Waals surface area contributed by atoms with Gasteiger partial charge in [0, 0.05) is 37.6 Å². The summed E-state index contributed by atoms with van der Waals surface area (Å²) in [5.74, 6) is 0.741. The lowest BCUT2D eigenvalue weighted by molar-refractivity contribution is -0.0511. The molecule has 2 amide bonds. The second-order valence-electron chi connectivity index (χ2n) is 13.3. The monoisotopic (exact) mass is 674 g/mol. The Morgan fingerprint density at radius 1 is 0.918 bits per heavy atom. The number of aromatic nitrogens is 4. The number of carbonyl (C=O) groups excluding carboxylic acids is 1. The maximum Gasteiger partial charge on any atom is 0.315 e. The first-order chi connectivity index (χ1) is 23.5. The molecule has 4 atom stereocenters. The van der Waals surface area contributed by atoms with Crippen LogP contribution in [-0.2, 0) is 11.3 Å². The lowest BCUT2D eigenvalue weighted by Gasteiger charge is -2.30. The smallest absolute Gasteiger partial charge is 0.315 e. The third kappa shape index (κ3) is 8.54. The Balaban J connectivity index is 1.42. The lowest BCUT2D eigenvalue weighted by Crippen LogP contribution is -2.44. The highest BCUT2D eigenvalue weighted by Crippen LogP contribution is 2.33. The Morgan fingerprint density at radius 3 is 2.08 bits per heavy atom. The van der Waals surface area contributed by atoms with Gasteiger partial charge in [-0.25, -0.2) is 19.7 Å². The molecule has 0 aliphatic carbocycles. The van der Waals surface area contributed by atoms with E-state index in [2.05, 4.69) is 116 Å². The number of hydrogen-bond donors (Lipinski definition) is 6. The molecule has 0 saturated carbocycles. The number of benzene rings is 2. The van der Waals surface area contributed by atoms with E-state index in [4.69, 9.17) is 14.7 Å². The van der Waals surface area contributed by atoms with Gasteiger partial charge in [0.25, 0.3) is 0 Å². The third-order valence-corrected chi connectivity index (χ3v) is 9.08. The van der Waals surface area contributed by atoms with Crippen molar-refractivity contribution in [1.29, 1.82) is 0 Å². The highest BCUT2D eigenvalue weighted by Gasteiger charge is 2.44. The molecule has 1 aliphatic heterocycles. The maximum absolute atomic E-state index is 12.8. The number of ether oxygens (including phenoxy) is 1. The summed E-state index contributed by atoms with van der Waals surface area (Å²) in [6.45, 7) is 13.9. The van der Waals surface area contributed by atoms with Crippen LogP contribution in [0.5, 0.6) is 0 Å². The Hall–Kier alpha value is -4.14. The van der Waals surface area contributed by atoms with Crippen LogP contribution in [0.3, 0.4) is 0 Å². The van der Waals surface area contributed by atoms with E-state index in [0.717, 1.165) is 11.1 Å². The normalized spacial score (nSPS) is 19.4. The van der Waals surface area contributed by atoms with E-state index in [1.807, 2.05) is 0 Å². The van der Waals surface area contributed by atoms with E-state index in [9.17, 15) is 20.1 Å². The average molecular weight is 675 g/mol. The van der Waals surface area contributed by atoms with Crippen LogP contribution in [0.1, 0.15) is 67.9 Å². The second kappa shape index (κ2) is 16.0. The van der Waals surface area contributed by atoms with Crippen LogP contribution in [0.4, 0.5) is 10.6 Å². The van der Waals surface area contributed by atoms with Crippen molar-refractivity contribution in [2.24, 2.45) is 0 Å². The summed E-state index contributed by atoms with van der Waals surface area (Å²) in [6.07, 6.45) is -3.14. The largest absolute Gasteiger partial charge is 0.394 e. The van der Waals surface area contributed by atoms with Gasteiger partial charge in [-0.15, -0.1) is 0 Å². The van der Waals surface area contributed by atoms with Crippen LogP contribution < -0.4 is 16.0 Å². The highest BCUT2D eigenvalue weighted by atomic mass is 16.6. The predicted molar refractivity (Wildman–Crippen MR) is 188 cm³/mol. The fourth-order valence-corrected chi connectivity index (χ4v) is 6.32. The number of fused-ring (bicyclic) bond motifs is 1. The van der Waals surface area contributed by atoms with E-state index in [1.54, 1.807) is 0 Å². The average Bonchev–Trinajstić information content (AvgIpc) is 3.62. The summed E-state index contributed by atoms with van der Waals surface area (Å²) >= 11 is 0. The Kier molecular flexibility index (Phi) is 11.8. The van der Waals surface area contributed by atoms with E-state index >= 15 is 0 Å². The number of hydrogen-bond acceptors (Lipinski definition) is 10. The number of urea groups is 1. The van der Waals surface area contributed by atoms with Gasteiger partial charge in [0.1, 0.15) is 18.3 Å². The maximum atomic E-state index is 12.8. The zero-order valence-electron chi connectivity index (χ0n) is 29.2. The molecule has 2 aromatic heterocycles. The first-order valence-corrected chi connectivity index (χ1v) is 17.0. The molecular weight excluding hydrogens is 624 g/mol. The van der Waals surface area contributed by atoms with Gasteiger partial charge in [-0.1, -0.05) is 59.7 Å². The molecule has 6 N–H and O–H groups in total. The number of rotatable bonds is 14. The zero-order chi connectivity index (χ0) is 35.2. The fraction of sp³-hybridized carbons (Fsp3) is 0.500. The molecule has 4 aromatic rings. The number of aliphatic hydroxyl groups excluding tert-OH is 3. The number of anilines is 1. The Labute approximate surface area is 287 Å². The van der Waals surface area contributed by atoms with Gasteiger partial charge < -0.3 is 36.0 Å². The van der Waals surface area contributed by atoms with Gasteiger partial charge in [-0.2, -0.15) is 0 Å². The Morgan fingerprint density at radius 2 is 1.53 bits per heavy atom.